The predicted molar refractivity (Wildman–Crippen MR) is 78.3 cm³/mol. The van der Waals surface area contributed by atoms with Crippen molar-refractivity contribution in [3.63, 3.8) is 0 Å². The van der Waals surface area contributed by atoms with Gasteiger partial charge in [-0.3, -0.25) is 4.79 Å². The lowest BCUT2D eigenvalue weighted by molar-refractivity contribution is -0.141. The normalized spacial score (nSPS) is 28.1. The quantitative estimate of drug-likeness (QED) is 0.475. The van der Waals surface area contributed by atoms with Crippen LogP contribution in [0.2, 0.25) is 0 Å². The molecule has 1 unspecified atom stereocenters. The van der Waals surface area contributed by atoms with Crippen LogP contribution in [-0.2, 0) is 14.3 Å². The molecular formula is C17H22O4. The number of carbonyl (C=O) groups excluding carboxylic acids is 1. The smallest absolute Gasteiger partial charge is 0.314 e. The summed E-state index contributed by atoms with van der Waals surface area (Å²) in [6, 6.07) is 7.59. The molecule has 1 aliphatic carbocycles. The third-order valence-electron chi connectivity index (χ3n) is 4.17. The summed E-state index contributed by atoms with van der Waals surface area (Å²) in [6.07, 6.45) is 4.15. The van der Waals surface area contributed by atoms with E-state index in [0.29, 0.717) is 18.5 Å². The van der Waals surface area contributed by atoms with E-state index in [0.717, 1.165) is 37.9 Å². The Labute approximate surface area is 125 Å². The lowest BCUT2D eigenvalue weighted by Crippen LogP contribution is -2.29. The summed E-state index contributed by atoms with van der Waals surface area (Å²) in [5.41, 5.74) is 1.16. The Morgan fingerprint density at radius 1 is 1.19 bits per heavy atom. The van der Waals surface area contributed by atoms with Crippen LogP contribution in [0.3, 0.4) is 0 Å². The largest absolute Gasteiger partial charge is 0.426 e. The molecule has 4 heteroatoms. The van der Waals surface area contributed by atoms with Crippen molar-refractivity contribution >= 4 is 5.97 Å². The van der Waals surface area contributed by atoms with Crippen LogP contribution >= 0.6 is 0 Å². The Balaban J connectivity index is 1.42. The molecule has 2 fully saturated rings. The number of esters is 1. The van der Waals surface area contributed by atoms with Crippen LogP contribution < -0.4 is 4.74 Å². The van der Waals surface area contributed by atoms with Crippen LogP contribution in [0.4, 0.5) is 0 Å². The van der Waals surface area contributed by atoms with Gasteiger partial charge in [-0.15, -0.1) is 0 Å². The van der Waals surface area contributed by atoms with Crippen molar-refractivity contribution < 1.29 is 19.0 Å². The molecule has 0 bridgehead atoms. The van der Waals surface area contributed by atoms with Crippen LogP contribution in [0.15, 0.2) is 24.3 Å². The van der Waals surface area contributed by atoms with Gasteiger partial charge >= 0.3 is 5.97 Å². The van der Waals surface area contributed by atoms with Crippen LogP contribution in [0.5, 0.6) is 5.75 Å². The Morgan fingerprint density at radius 3 is 2.48 bits per heavy atom. The number of benzene rings is 1. The van der Waals surface area contributed by atoms with Crippen LogP contribution in [0, 0.1) is 12.8 Å². The zero-order valence-electron chi connectivity index (χ0n) is 12.4. The molecule has 3 rings (SSSR count). The minimum atomic E-state index is -0.108. The van der Waals surface area contributed by atoms with Crippen molar-refractivity contribution in [2.24, 2.45) is 5.92 Å². The summed E-state index contributed by atoms with van der Waals surface area (Å²) in [5, 5.41) is 0. The molecule has 1 heterocycles. The van der Waals surface area contributed by atoms with Crippen molar-refractivity contribution in [2.75, 3.05) is 13.2 Å². The fourth-order valence-electron chi connectivity index (χ4n) is 2.68. The minimum absolute atomic E-state index is 0.00308. The van der Waals surface area contributed by atoms with Gasteiger partial charge in [-0.1, -0.05) is 17.7 Å². The zero-order valence-corrected chi connectivity index (χ0v) is 12.4. The summed E-state index contributed by atoms with van der Waals surface area (Å²) in [6.45, 7) is 3.54. The lowest BCUT2D eigenvalue weighted by Gasteiger charge is -2.27. The summed E-state index contributed by atoms with van der Waals surface area (Å²) < 4.78 is 16.4. The number of hydrogen-bond donors (Lipinski definition) is 0. The molecule has 1 aliphatic heterocycles. The topological polar surface area (TPSA) is 48.1 Å². The highest BCUT2D eigenvalue weighted by molar-refractivity contribution is 5.75. The monoisotopic (exact) mass is 290 g/mol. The molecule has 2 aliphatic rings. The molecule has 0 radical (unpaired) electrons. The maximum atomic E-state index is 12.2. The highest BCUT2D eigenvalue weighted by atomic mass is 16.6. The minimum Gasteiger partial charge on any atom is -0.426 e. The second-order valence-corrected chi connectivity index (χ2v) is 6.00. The van der Waals surface area contributed by atoms with Crippen molar-refractivity contribution in [3.05, 3.63) is 29.8 Å². The number of carbonyl (C=O) groups is 1. The van der Waals surface area contributed by atoms with Crippen LogP contribution in [0.1, 0.15) is 31.2 Å². The van der Waals surface area contributed by atoms with E-state index in [1.807, 2.05) is 31.2 Å². The standard InChI is InChI=1S/C17H22O4/c1-12-2-6-15(7-3-12)21-17(18)13-4-8-14(9-5-13)19-10-16-11-20-16/h2-3,6-7,13-14,16H,4-5,8-11H2,1H3. The molecule has 4 nitrogen and oxygen atoms in total. The van der Waals surface area contributed by atoms with E-state index in [2.05, 4.69) is 0 Å². The molecular weight excluding hydrogens is 268 g/mol. The fraction of sp³-hybridized carbons (Fsp3) is 0.588. The Kier molecular flexibility index (Phi) is 4.56. The summed E-state index contributed by atoms with van der Waals surface area (Å²) >= 11 is 0. The summed E-state index contributed by atoms with van der Waals surface area (Å²) in [5.74, 6) is 0.529. The molecule has 0 aromatic heterocycles. The average Bonchev–Trinajstić information content (AvgIpc) is 3.32. The van der Waals surface area contributed by atoms with E-state index in [4.69, 9.17) is 14.2 Å². The van der Waals surface area contributed by atoms with Crippen LogP contribution in [-0.4, -0.2) is 31.4 Å². The van der Waals surface area contributed by atoms with Gasteiger partial charge in [0, 0.05) is 0 Å². The van der Waals surface area contributed by atoms with E-state index >= 15 is 0 Å². The van der Waals surface area contributed by atoms with E-state index in [1.54, 1.807) is 0 Å². The highest BCUT2D eigenvalue weighted by Gasteiger charge is 2.30. The molecule has 0 N–H and O–H groups in total. The molecule has 21 heavy (non-hydrogen) atoms. The van der Waals surface area contributed by atoms with Gasteiger partial charge in [0.25, 0.3) is 0 Å². The van der Waals surface area contributed by atoms with Gasteiger partial charge in [-0.25, -0.2) is 0 Å². The first-order valence-electron chi connectivity index (χ1n) is 7.72. The van der Waals surface area contributed by atoms with E-state index < -0.39 is 0 Å². The molecule has 1 aromatic rings. The summed E-state index contributed by atoms with van der Waals surface area (Å²) in [7, 11) is 0. The number of epoxide rings is 1. The van der Waals surface area contributed by atoms with Crippen molar-refractivity contribution in [3.8, 4) is 5.75 Å². The van der Waals surface area contributed by atoms with Gasteiger partial charge in [0.1, 0.15) is 11.9 Å². The number of aryl methyl sites for hydroxylation is 1. The fourth-order valence-corrected chi connectivity index (χ4v) is 2.68. The molecule has 1 saturated heterocycles. The Morgan fingerprint density at radius 2 is 1.86 bits per heavy atom. The third kappa shape index (κ3) is 4.29. The second kappa shape index (κ2) is 6.58. The molecule has 0 amide bonds. The Bertz CT molecular complexity index is 470. The molecule has 1 saturated carbocycles. The Hall–Kier alpha value is -1.39. The van der Waals surface area contributed by atoms with E-state index in [9.17, 15) is 4.79 Å². The van der Waals surface area contributed by atoms with Gasteiger partial charge in [-0.05, 0) is 44.7 Å². The first-order valence-corrected chi connectivity index (χ1v) is 7.72. The first kappa shape index (κ1) is 14.5. The lowest BCUT2D eigenvalue weighted by atomic mass is 9.87. The van der Waals surface area contributed by atoms with E-state index in [-0.39, 0.29) is 18.0 Å². The average molecular weight is 290 g/mol. The van der Waals surface area contributed by atoms with Crippen molar-refractivity contribution in [1.82, 2.24) is 0 Å². The van der Waals surface area contributed by atoms with Gasteiger partial charge in [0.15, 0.2) is 0 Å². The first-order chi connectivity index (χ1) is 10.2. The molecule has 1 atom stereocenters. The maximum absolute atomic E-state index is 12.2. The van der Waals surface area contributed by atoms with Gasteiger partial charge in [0.05, 0.1) is 25.2 Å². The summed E-state index contributed by atoms with van der Waals surface area (Å²) in [4.78, 5) is 12.2. The maximum Gasteiger partial charge on any atom is 0.314 e. The SMILES string of the molecule is Cc1ccc(OC(=O)C2CCC(OCC3CO3)CC2)cc1. The van der Waals surface area contributed by atoms with Gasteiger partial charge in [-0.2, -0.15) is 0 Å². The third-order valence-corrected chi connectivity index (χ3v) is 4.17. The van der Waals surface area contributed by atoms with Crippen molar-refractivity contribution in [1.29, 1.82) is 0 Å². The van der Waals surface area contributed by atoms with Gasteiger partial charge in [0.2, 0.25) is 0 Å². The molecule has 1 aromatic carbocycles. The number of ether oxygens (including phenoxy) is 3. The molecule has 114 valence electrons. The highest BCUT2D eigenvalue weighted by Crippen LogP contribution is 2.28. The predicted octanol–water partition coefficient (Wildman–Crippen LogP) is 2.87. The number of rotatable bonds is 5. The zero-order chi connectivity index (χ0) is 14.7. The number of hydrogen-bond acceptors (Lipinski definition) is 4. The van der Waals surface area contributed by atoms with E-state index in [1.165, 1.54) is 0 Å². The van der Waals surface area contributed by atoms with Crippen LogP contribution in [0.25, 0.3) is 0 Å². The van der Waals surface area contributed by atoms with Gasteiger partial charge < -0.3 is 14.2 Å². The molecule has 0 spiro atoms. The van der Waals surface area contributed by atoms with Crippen molar-refractivity contribution in [2.45, 2.75) is 44.8 Å². The second-order valence-electron chi connectivity index (χ2n) is 6.00.